The summed E-state index contributed by atoms with van der Waals surface area (Å²) in [6.45, 7) is 0.0581. The van der Waals surface area contributed by atoms with Gasteiger partial charge in [0.2, 0.25) is 27.6 Å². The highest BCUT2D eigenvalue weighted by atomic mass is 32.2. The molecule has 1 aromatic heterocycles. The molecule has 10 N–H and O–H groups in total. The van der Waals surface area contributed by atoms with Gasteiger partial charge >= 0.3 is 0 Å². The smallest absolute Gasteiger partial charge is 0.239 e. The van der Waals surface area contributed by atoms with Gasteiger partial charge in [0, 0.05) is 24.7 Å². The molecule has 0 unspecified atom stereocenters. The van der Waals surface area contributed by atoms with Crippen molar-refractivity contribution in [3.8, 4) is 0 Å². The van der Waals surface area contributed by atoms with Crippen LogP contribution in [-0.2, 0) is 25.4 Å². The van der Waals surface area contributed by atoms with Crippen LogP contribution in [0.1, 0.15) is 41.0 Å². The summed E-state index contributed by atoms with van der Waals surface area (Å²) >= 11 is 1.14. The molecule has 0 fully saturated rings. The number of nitrogens with two attached hydrogens (primary N) is 3. The monoisotopic (exact) mass is 608 g/mol. The van der Waals surface area contributed by atoms with E-state index in [-0.39, 0.29) is 41.9 Å². The van der Waals surface area contributed by atoms with Crippen molar-refractivity contribution in [1.82, 2.24) is 25.8 Å². The van der Waals surface area contributed by atoms with Gasteiger partial charge in [-0.15, -0.1) is 11.3 Å². The van der Waals surface area contributed by atoms with Crippen molar-refractivity contribution in [3.63, 3.8) is 0 Å². The number of rotatable bonds is 19. The van der Waals surface area contributed by atoms with Crippen molar-refractivity contribution < 1.29 is 22.8 Å². The standard InChI is InChI=1S/C24H36N10O5S2/c25-24(26)30-11-5-9-19(34-41(38,39)15-17-6-2-1-3-7-17)22(37)31-14-20(35)33-18(8-4-10-28-16-32-27)21(36)23-29-12-13-40-23/h1-3,6-7,12-13,16,18-19,34H,4-5,8-11,14-15,27H2,(H,28,32)(H,31,37)(H,33,35)(H4,25,26,30)/t18-,19+/m0/s1. The normalized spacial score (nSPS) is 12.8. The molecule has 0 radical (unpaired) electrons. The van der Waals surface area contributed by atoms with E-state index in [9.17, 15) is 22.8 Å². The lowest BCUT2D eigenvalue weighted by atomic mass is 10.1. The molecular weight excluding hydrogens is 572 g/mol. The van der Waals surface area contributed by atoms with Gasteiger partial charge in [-0.2, -0.15) is 0 Å². The number of nitrogens with zero attached hydrogens (tertiary/aromatic N) is 3. The van der Waals surface area contributed by atoms with E-state index >= 15 is 0 Å². The Balaban J connectivity index is 2.02. The van der Waals surface area contributed by atoms with Gasteiger partial charge in [0.25, 0.3) is 0 Å². The highest BCUT2D eigenvalue weighted by Crippen LogP contribution is 2.11. The number of ketones is 1. The van der Waals surface area contributed by atoms with Gasteiger partial charge in [-0.1, -0.05) is 30.3 Å². The summed E-state index contributed by atoms with van der Waals surface area (Å²) in [5.74, 6) is 2.96. The van der Waals surface area contributed by atoms with E-state index in [1.54, 1.807) is 35.7 Å². The number of aliphatic imine (C=N–C) groups is 2. The zero-order valence-electron chi connectivity index (χ0n) is 22.4. The first-order valence-corrected chi connectivity index (χ1v) is 15.2. The lowest BCUT2D eigenvalue weighted by Crippen LogP contribution is -2.51. The van der Waals surface area contributed by atoms with Crippen LogP contribution in [0.25, 0.3) is 0 Å². The number of hydrogen-bond donors (Lipinski definition) is 7. The molecule has 2 atom stereocenters. The van der Waals surface area contributed by atoms with Crippen molar-refractivity contribution in [2.45, 2.75) is 43.5 Å². The van der Waals surface area contributed by atoms with E-state index < -0.39 is 40.5 Å². The molecule has 17 heteroatoms. The second-order valence-electron chi connectivity index (χ2n) is 8.75. The van der Waals surface area contributed by atoms with E-state index in [0.29, 0.717) is 24.9 Å². The SMILES string of the molecule is NNC=NCCC[C@H](NC(=O)CNC(=O)[C@@H](CCCN=C(N)N)NS(=O)(=O)Cc1ccccc1)C(=O)c1nccs1. The minimum atomic E-state index is -3.91. The zero-order chi connectivity index (χ0) is 30.1. The number of Topliss-reactive ketones (excluding diaryl/α,β-unsaturated/α-hetero) is 1. The molecule has 41 heavy (non-hydrogen) atoms. The van der Waals surface area contributed by atoms with Gasteiger partial charge in [-0.3, -0.25) is 24.4 Å². The Labute approximate surface area is 242 Å². The summed E-state index contributed by atoms with van der Waals surface area (Å²) < 4.78 is 28.0. The van der Waals surface area contributed by atoms with Crippen LogP contribution in [0.4, 0.5) is 0 Å². The van der Waals surface area contributed by atoms with Gasteiger partial charge in [0.15, 0.2) is 11.0 Å². The molecule has 2 aromatic rings. The number of benzene rings is 1. The van der Waals surface area contributed by atoms with Crippen LogP contribution in [0.15, 0.2) is 51.9 Å². The number of hydrogen-bond acceptors (Lipinski definition) is 10. The number of sulfonamides is 1. The summed E-state index contributed by atoms with van der Waals surface area (Å²) in [6.07, 6.45) is 3.90. The Bertz CT molecular complexity index is 1270. The first-order valence-electron chi connectivity index (χ1n) is 12.7. The van der Waals surface area contributed by atoms with Crippen molar-refractivity contribution in [2.24, 2.45) is 27.3 Å². The maximum Gasteiger partial charge on any atom is 0.239 e. The average Bonchev–Trinajstić information content (AvgIpc) is 3.47. The summed E-state index contributed by atoms with van der Waals surface area (Å²) in [4.78, 5) is 50.4. The fourth-order valence-corrected chi connectivity index (χ4v) is 5.61. The van der Waals surface area contributed by atoms with E-state index in [2.05, 4.69) is 35.8 Å². The van der Waals surface area contributed by atoms with Crippen molar-refractivity contribution >= 4 is 51.3 Å². The molecule has 2 rings (SSSR count). The number of carbonyl (C=O) groups excluding carboxylic acids is 3. The third-order valence-electron chi connectivity index (χ3n) is 5.45. The van der Waals surface area contributed by atoms with Crippen LogP contribution in [-0.4, -0.2) is 75.0 Å². The summed E-state index contributed by atoms with van der Waals surface area (Å²) in [7, 11) is -3.91. The molecule has 15 nitrogen and oxygen atoms in total. The molecule has 0 bridgehead atoms. The van der Waals surface area contributed by atoms with Crippen molar-refractivity contribution in [2.75, 3.05) is 19.6 Å². The molecular formula is C24H36N10O5S2. The fourth-order valence-electron chi connectivity index (χ4n) is 3.60. The third-order valence-corrected chi connectivity index (χ3v) is 7.59. The highest BCUT2D eigenvalue weighted by molar-refractivity contribution is 7.88. The second-order valence-corrected chi connectivity index (χ2v) is 11.4. The van der Waals surface area contributed by atoms with Crippen molar-refractivity contribution in [3.05, 3.63) is 52.5 Å². The van der Waals surface area contributed by atoms with Crippen LogP contribution >= 0.6 is 11.3 Å². The predicted molar refractivity (Wildman–Crippen MR) is 157 cm³/mol. The number of aromatic nitrogens is 1. The lowest BCUT2D eigenvalue weighted by Gasteiger charge is -2.20. The highest BCUT2D eigenvalue weighted by Gasteiger charge is 2.27. The largest absolute Gasteiger partial charge is 0.370 e. The number of nitrogens with one attached hydrogen (secondary N) is 4. The molecule has 0 saturated heterocycles. The van der Waals surface area contributed by atoms with Crippen LogP contribution < -0.4 is 38.1 Å². The zero-order valence-corrected chi connectivity index (χ0v) is 24.0. The molecule has 2 amide bonds. The third kappa shape index (κ3) is 13.3. The predicted octanol–water partition coefficient (Wildman–Crippen LogP) is -1.26. The van der Waals surface area contributed by atoms with E-state index in [4.69, 9.17) is 17.3 Å². The average molecular weight is 609 g/mol. The van der Waals surface area contributed by atoms with Gasteiger partial charge in [0.1, 0.15) is 6.04 Å². The number of hydrazine groups is 1. The molecule has 0 saturated carbocycles. The number of carbonyl (C=O) groups is 3. The Morgan fingerprint density at radius 2 is 1.76 bits per heavy atom. The molecule has 1 heterocycles. The second kappa shape index (κ2) is 17.7. The molecule has 0 aliphatic heterocycles. The maximum absolute atomic E-state index is 13.0. The Morgan fingerprint density at radius 1 is 1.05 bits per heavy atom. The Morgan fingerprint density at radius 3 is 2.41 bits per heavy atom. The quantitative estimate of drug-likeness (QED) is 0.0249. The van der Waals surface area contributed by atoms with Crippen LogP contribution in [0.2, 0.25) is 0 Å². The first-order chi connectivity index (χ1) is 19.6. The summed E-state index contributed by atoms with van der Waals surface area (Å²) in [6, 6.07) is 6.40. The summed E-state index contributed by atoms with van der Waals surface area (Å²) in [5, 5.41) is 6.96. The number of guanidine groups is 1. The molecule has 0 aliphatic rings. The van der Waals surface area contributed by atoms with E-state index in [0.717, 1.165) is 11.3 Å². The minimum Gasteiger partial charge on any atom is -0.370 e. The van der Waals surface area contributed by atoms with Gasteiger partial charge in [-0.25, -0.2) is 24.0 Å². The number of amides is 2. The van der Waals surface area contributed by atoms with Crippen LogP contribution in [0.3, 0.4) is 0 Å². The lowest BCUT2D eigenvalue weighted by molar-refractivity contribution is -0.127. The topological polar surface area (TPSA) is 249 Å². The maximum atomic E-state index is 13.0. The Kier molecular flexibility index (Phi) is 14.4. The van der Waals surface area contributed by atoms with Crippen LogP contribution in [0.5, 0.6) is 0 Å². The van der Waals surface area contributed by atoms with E-state index in [1.165, 1.54) is 12.5 Å². The first kappa shape index (κ1) is 33.3. The summed E-state index contributed by atoms with van der Waals surface area (Å²) in [5.41, 5.74) is 13.5. The van der Waals surface area contributed by atoms with Crippen LogP contribution in [0, 0.1) is 0 Å². The fraction of sp³-hybridized carbons (Fsp3) is 0.417. The van der Waals surface area contributed by atoms with Gasteiger partial charge in [0.05, 0.1) is 24.7 Å². The molecule has 0 spiro atoms. The Hall–Kier alpha value is -3.93. The minimum absolute atomic E-state index is 0.0710. The van der Waals surface area contributed by atoms with E-state index in [1.807, 2.05) is 0 Å². The molecule has 224 valence electrons. The molecule has 1 aromatic carbocycles. The van der Waals surface area contributed by atoms with Gasteiger partial charge < -0.3 is 27.5 Å². The molecule has 0 aliphatic carbocycles. The number of thiazole rings is 1. The van der Waals surface area contributed by atoms with Gasteiger partial charge in [-0.05, 0) is 31.2 Å². The van der Waals surface area contributed by atoms with Crippen molar-refractivity contribution in [1.29, 1.82) is 0 Å².